The predicted molar refractivity (Wildman–Crippen MR) is 116 cm³/mol. The Balaban J connectivity index is 1.87. The van der Waals surface area contributed by atoms with Gasteiger partial charge < -0.3 is 10.2 Å². The molecule has 0 unspecified atom stereocenters. The highest BCUT2D eigenvalue weighted by Gasteiger charge is 2.20. The molecule has 0 aliphatic heterocycles. The number of nitrogens with zero attached hydrogens (tertiary/aromatic N) is 3. The largest absolute Gasteiger partial charge is 0.344 e. The van der Waals surface area contributed by atoms with E-state index in [0.717, 1.165) is 12.8 Å². The molecule has 7 nitrogen and oxygen atoms in total. The summed E-state index contributed by atoms with van der Waals surface area (Å²) >= 11 is 1.18. The number of benzene rings is 1. The second-order valence-electron chi connectivity index (χ2n) is 6.90. The average molecular weight is 413 g/mol. The van der Waals surface area contributed by atoms with Gasteiger partial charge in [0.05, 0.1) is 16.6 Å². The number of likely N-dealkylation sites (N-methyl/N-ethyl adjacent to an activating group) is 1. The molecule has 29 heavy (non-hydrogen) atoms. The number of para-hydroxylation sites is 1. The number of nitrogens with one attached hydrogen (secondary N) is 1. The first kappa shape index (κ1) is 20.7. The molecule has 0 bridgehead atoms. The molecule has 1 aromatic carbocycles. The summed E-state index contributed by atoms with van der Waals surface area (Å²) in [6, 6.07) is 9.14. The van der Waals surface area contributed by atoms with Crippen molar-refractivity contribution in [3.63, 3.8) is 0 Å². The molecule has 0 saturated heterocycles. The van der Waals surface area contributed by atoms with Crippen molar-refractivity contribution in [1.82, 2.24) is 14.5 Å². The lowest BCUT2D eigenvalue weighted by Gasteiger charge is -2.17. The minimum atomic E-state index is -0.306. The van der Waals surface area contributed by atoms with Crippen molar-refractivity contribution in [2.45, 2.75) is 33.2 Å². The molecular formula is C21H24N4O3S. The van der Waals surface area contributed by atoms with Gasteiger partial charge in [0.1, 0.15) is 11.4 Å². The smallest absolute Gasteiger partial charge is 0.266 e. The van der Waals surface area contributed by atoms with Gasteiger partial charge >= 0.3 is 0 Å². The van der Waals surface area contributed by atoms with E-state index in [4.69, 9.17) is 0 Å². The fourth-order valence-corrected chi connectivity index (χ4v) is 4.02. The number of aromatic nitrogens is 2. The highest BCUT2D eigenvalue weighted by Crippen LogP contribution is 2.27. The minimum absolute atomic E-state index is 0.0666. The molecule has 1 N–H and O–H groups in total. The predicted octanol–water partition coefficient (Wildman–Crippen LogP) is 3.28. The fraction of sp³-hybridized carbons (Fsp3) is 0.333. The Morgan fingerprint density at radius 3 is 2.66 bits per heavy atom. The molecule has 2 amide bonds. The van der Waals surface area contributed by atoms with Crippen LogP contribution in [0, 0.1) is 6.92 Å². The molecule has 8 heteroatoms. The summed E-state index contributed by atoms with van der Waals surface area (Å²) in [6.07, 6.45) is 3.29. The number of fused-ring (bicyclic) bond motifs is 1. The molecule has 2 heterocycles. The molecule has 0 atom stereocenters. The normalized spacial score (nSPS) is 10.9. The molecule has 2 aromatic heterocycles. The number of hydrogen-bond donors (Lipinski definition) is 1. The van der Waals surface area contributed by atoms with Crippen LogP contribution in [0.1, 0.15) is 35.0 Å². The molecule has 0 fully saturated rings. The summed E-state index contributed by atoms with van der Waals surface area (Å²) in [5.41, 5.74) is 0.956. The fourth-order valence-electron chi connectivity index (χ4n) is 2.98. The Labute approximate surface area is 173 Å². The molecule has 0 aliphatic rings. The first-order chi connectivity index (χ1) is 13.9. The van der Waals surface area contributed by atoms with Gasteiger partial charge in [-0.3, -0.25) is 19.0 Å². The van der Waals surface area contributed by atoms with E-state index in [1.165, 1.54) is 22.2 Å². The first-order valence-electron chi connectivity index (χ1n) is 9.51. The number of hydrogen-bond acceptors (Lipinski definition) is 5. The molecular weight excluding hydrogens is 388 g/mol. The Morgan fingerprint density at radius 2 is 1.97 bits per heavy atom. The summed E-state index contributed by atoms with van der Waals surface area (Å²) in [4.78, 5) is 44.9. The van der Waals surface area contributed by atoms with Crippen LogP contribution < -0.4 is 10.9 Å². The van der Waals surface area contributed by atoms with E-state index in [9.17, 15) is 14.4 Å². The van der Waals surface area contributed by atoms with Crippen LogP contribution in [0.25, 0.3) is 10.2 Å². The lowest BCUT2D eigenvalue weighted by molar-refractivity contribution is -0.130. The number of anilines is 1. The first-order valence-corrected chi connectivity index (χ1v) is 10.3. The van der Waals surface area contributed by atoms with E-state index in [2.05, 4.69) is 17.2 Å². The van der Waals surface area contributed by atoms with E-state index < -0.39 is 0 Å². The Kier molecular flexibility index (Phi) is 6.43. The monoisotopic (exact) mass is 412 g/mol. The van der Waals surface area contributed by atoms with Gasteiger partial charge in [-0.25, -0.2) is 4.98 Å². The number of carbonyl (C=O) groups is 2. The maximum Gasteiger partial charge on any atom is 0.266 e. The lowest BCUT2D eigenvalue weighted by Crippen LogP contribution is -2.34. The quantitative estimate of drug-likeness (QED) is 0.645. The van der Waals surface area contributed by atoms with Crippen LogP contribution in [0.5, 0.6) is 0 Å². The molecule has 0 radical (unpaired) electrons. The van der Waals surface area contributed by atoms with E-state index in [1.807, 2.05) is 18.2 Å². The number of rotatable bonds is 7. The summed E-state index contributed by atoms with van der Waals surface area (Å²) in [5.74, 6) is -0.422. The van der Waals surface area contributed by atoms with Gasteiger partial charge in [0, 0.05) is 19.3 Å². The third-order valence-electron chi connectivity index (χ3n) is 4.73. The van der Waals surface area contributed by atoms with Gasteiger partial charge in [0.25, 0.3) is 11.5 Å². The van der Waals surface area contributed by atoms with Gasteiger partial charge in [0.2, 0.25) is 5.91 Å². The summed E-state index contributed by atoms with van der Waals surface area (Å²) < 4.78 is 1.31. The van der Waals surface area contributed by atoms with Gasteiger partial charge in [0.15, 0.2) is 0 Å². The number of carbonyl (C=O) groups excluding carboxylic acids is 2. The number of amides is 2. The van der Waals surface area contributed by atoms with Crippen LogP contribution in [-0.4, -0.2) is 39.9 Å². The zero-order chi connectivity index (χ0) is 21.0. The highest BCUT2D eigenvalue weighted by atomic mass is 32.1. The molecule has 3 rings (SSSR count). The van der Waals surface area contributed by atoms with E-state index in [1.54, 1.807) is 31.0 Å². The minimum Gasteiger partial charge on any atom is -0.344 e. The van der Waals surface area contributed by atoms with E-state index in [0.29, 0.717) is 32.9 Å². The maximum absolute atomic E-state index is 12.9. The Morgan fingerprint density at radius 1 is 1.24 bits per heavy atom. The van der Waals surface area contributed by atoms with Crippen LogP contribution in [-0.2, 0) is 11.3 Å². The third-order valence-corrected chi connectivity index (χ3v) is 5.93. The Hall–Kier alpha value is -3.00. The van der Waals surface area contributed by atoms with Gasteiger partial charge in [-0.15, -0.1) is 11.3 Å². The molecule has 3 aromatic rings. The van der Waals surface area contributed by atoms with Crippen LogP contribution >= 0.6 is 11.3 Å². The van der Waals surface area contributed by atoms with Crippen molar-refractivity contribution in [3.05, 3.63) is 57.5 Å². The molecule has 0 spiro atoms. The Bertz CT molecular complexity index is 1090. The van der Waals surface area contributed by atoms with Crippen molar-refractivity contribution in [2.24, 2.45) is 0 Å². The second kappa shape index (κ2) is 9.00. The second-order valence-corrected chi connectivity index (χ2v) is 7.90. The summed E-state index contributed by atoms with van der Waals surface area (Å²) in [5, 5.41) is 3.22. The number of unbranched alkanes of at least 4 members (excludes halogenated alkanes) is 1. The average Bonchev–Trinajstić information content (AvgIpc) is 3.06. The number of thiophene rings is 1. The van der Waals surface area contributed by atoms with Crippen molar-refractivity contribution in [1.29, 1.82) is 0 Å². The van der Waals surface area contributed by atoms with Crippen LogP contribution in [0.2, 0.25) is 0 Å². The summed E-state index contributed by atoms with van der Waals surface area (Å²) in [6.45, 7) is 4.39. The van der Waals surface area contributed by atoms with Crippen molar-refractivity contribution in [3.8, 4) is 0 Å². The van der Waals surface area contributed by atoms with Gasteiger partial charge in [-0.1, -0.05) is 31.5 Å². The molecule has 0 aliphatic carbocycles. The van der Waals surface area contributed by atoms with Gasteiger partial charge in [-0.05, 0) is 31.0 Å². The summed E-state index contributed by atoms with van der Waals surface area (Å²) in [7, 11) is 1.73. The van der Waals surface area contributed by atoms with Crippen molar-refractivity contribution >= 4 is 39.1 Å². The standard InChI is InChI=1S/C21H24N4O3S/c1-4-5-11-24(3)16(26)12-25-13-22-20-17(21(25)28)14(2)18(29-20)19(27)23-15-9-7-6-8-10-15/h6-10,13H,4-5,11-12H2,1-3H3,(H,23,27). The van der Waals surface area contributed by atoms with Crippen molar-refractivity contribution < 1.29 is 9.59 Å². The van der Waals surface area contributed by atoms with Crippen LogP contribution in [0.3, 0.4) is 0 Å². The maximum atomic E-state index is 12.9. The zero-order valence-corrected chi connectivity index (χ0v) is 17.6. The van der Waals surface area contributed by atoms with Crippen LogP contribution in [0.4, 0.5) is 5.69 Å². The molecule has 152 valence electrons. The van der Waals surface area contributed by atoms with Crippen molar-refractivity contribution in [2.75, 3.05) is 18.9 Å². The number of aryl methyl sites for hydroxylation is 1. The highest BCUT2D eigenvalue weighted by molar-refractivity contribution is 7.20. The SMILES string of the molecule is CCCCN(C)C(=O)Cn1cnc2sc(C(=O)Nc3ccccc3)c(C)c2c1=O. The van der Waals surface area contributed by atoms with Crippen LogP contribution in [0.15, 0.2) is 41.5 Å². The third kappa shape index (κ3) is 4.54. The van der Waals surface area contributed by atoms with E-state index in [-0.39, 0.29) is 23.9 Å². The zero-order valence-electron chi connectivity index (χ0n) is 16.8. The van der Waals surface area contributed by atoms with E-state index >= 15 is 0 Å². The molecule has 0 saturated carbocycles. The van der Waals surface area contributed by atoms with Gasteiger partial charge in [-0.2, -0.15) is 0 Å². The lowest BCUT2D eigenvalue weighted by atomic mass is 10.2. The topological polar surface area (TPSA) is 84.3 Å².